The van der Waals surface area contributed by atoms with Gasteiger partial charge < -0.3 is 24.8 Å². The number of aromatic nitrogens is 3. The zero-order chi connectivity index (χ0) is 31.2. The van der Waals surface area contributed by atoms with Gasteiger partial charge in [-0.15, -0.1) is 5.10 Å². The fourth-order valence-electron chi connectivity index (χ4n) is 5.07. The molecule has 230 valence electrons. The van der Waals surface area contributed by atoms with Crippen molar-refractivity contribution in [3.63, 3.8) is 0 Å². The molecule has 11 heteroatoms. The number of nitrogens with one attached hydrogen (secondary N) is 2. The minimum Gasteiger partial charge on any atom is -0.492 e. The van der Waals surface area contributed by atoms with Crippen LogP contribution in [0.5, 0.6) is 17.2 Å². The highest BCUT2D eigenvalue weighted by Crippen LogP contribution is 2.44. The smallest absolute Gasteiger partial charge is 0.255 e. The highest BCUT2D eigenvalue weighted by molar-refractivity contribution is 9.10. The minimum atomic E-state index is -0.606. The molecule has 4 aromatic rings. The van der Waals surface area contributed by atoms with Crippen molar-refractivity contribution in [2.75, 3.05) is 29.6 Å². The van der Waals surface area contributed by atoms with E-state index in [1.807, 2.05) is 69.3 Å². The zero-order valence-corrected chi connectivity index (χ0v) is 27.8. The number of halogens is 1. The first-order valence-corrected chi connectivity index (χ1v) is 16.4. The molecule has 9 nitrogen and oxygen atoms in total. The number of aryl methyl sites for hydroxylation is 1. The summed E-state index contributed by atoms with van der Waals surface area (Å²) in [6.07, 6.45) is 0. The van der Waals surface area contributed by atoms with Crippen molar-refractivity contribution in [3.05, 3.63) is 93.1 Å². The first-order chi connectivity index (χ1) is 21.3. The summed E-state index contributed by atoms with van der Waals surface area (Å²) in [6.45, 7) is 11.1. The van der Waals surface area contributed by atoms with E-state index < -0.39 is 6.04 Å². The Balaban J connectivity index is 1.57. The molecule has 1 aromatic heterocycles. The molecule has 0 saturated heterocycles. The first-order valence-electron chi connectivity index (χ1n) is 14.6. The molecule has 0 saturated carbocycles. The predicted octanol–water partition coefficient (Wildman–Crippen LogP) is 7.77. The summed E-state index contributed by atoms with van der Waals surface area (Å²) in [5.74, 6) is 2.84. The van der Waals surface area contributed by atoms with Crippen LogP contribution in [0.15, 0.2) is 81.6 Å². The van der Waals surface area contributed by atoms with Crippen molar-refractivity contribution in [1.29, 1.82) is 0 Å². The molecule has 2 heterocycles. The van der Waals surface area contributed by atoms with Gasteiger partial charge in [0.15, 0.2) is 11.5 Å². The van der Waals surface area contributed by atoms with E-state index >= 15 is 0 Å². The molecule has 44 heavy (non-hydrogen) atoms. The van der Waals surface area contributed by atoms with E-state index in [4.69, 9.17) is 24.3 Å². The number of nitrogens with zero attached hydrogens (tertiary/aromatic N) is 3. The monoisotopic (exact) mass is 677 g/mol. The van der Waals surface area contributed by atoms with Crippen LogP contribution in [0.4, 0.5) is 11.6 Å². The number of allylic oxidation sites excluding steroid dienone is 1. The molecule has 0 radical (unpaired) electrons. The summed E-state index contributed by atoms with van der Waals surface area (Å²) < 4.78 is 20.6. The van der Waals surface area contributed by atoms with Crippen molar-refractivity contribution in [2.45, 2.75) is 52.4 Å². The van der Waals surface area contributed by atoms with Crippen molar-refractivity contribution < 1.29 is 19.0 Å². The van der Waals surface area contributed by atoms with Gasteiger partial charge in [0.1, 0.15) is 18.4 Å². The Morgan fingerprint density at radius 1 is 1.00 bits per heavy atom. The van der Waals surface area contributed by atoms with Crippen LogP contribution in [-0.4, -0.2) is 39.6 Å². The predicted molar refractivity (Wildman–Crippen MR) is 178 cm³/mol. The number of anilines is 2. The maximum Gasteiger partial charge on any atom is 0.255 e. The van der Waals surface area contributed by atoms with Gasteiger partial charge in [-0.2, -0.15) is 4.98 Å². The number of benzene rings is 3. The number of hydrogen-bond donors (Lipinski definition) is 2. The second-order valence-corrected chi connectivity index (χ2v) is 12.2. The third kappa shape index (κ3) is 6.89. The SMILES string of the molecule is CCOc1ccccc1NC(=O)C1=C(C)Nc2nc(SCC)nn2C1c1cc(Br)c(OCc2cccc(C)c2)c(OCC)c1. The fraction of sp³-hybridized carbons (Fsp3) is 0.303. The summed E-state index contributed by atoms with van der Waals surface area (Å²) in [5.41, 5.74) is 4.75. The minimum absolute atomic E-state index is 0.285. The summed E-state index contributed by atoms with van der Waals surface area (Å²) in [5, 5.41) is 11.8. The Morgan fingerprint density at radius 3 is 2.52 bits per heavy atom. The van der Waals surface area contributed by atoms with E-state index in [1.165, 1.54) is 11.8 Å². The number of carbonyl (C=O) groups excluding carboxylic acids is 1. The van der Waals surface area contributed by atoms with E-state index in [9.17, 15) is 4.79 Å². The van der Waals surface area contributed by atoms with Crippen LogP contribution in [0.3, 0.4) is 0 Å². The van der Waals surface area contributed by atoms with E-state index in [-0.39, 0.29) is 5.91 Å². The number of fused-ring (bicyclic) bond motifs is 1. The van der Waals surface area contributed by atoms with Crippen LogP contribution < -0.4 is 24.8 Å². The molecule has 1 aliphatic rings. The average molecular weight is 679 g/mol. The van der Waals surface area contributed by atoms with Crippen molar-refractivity contribution >= 4 is 45.2 Å². The zero-order valence-electron chi connectivity index (χ0n) is 25.4. The van der Waals surface area contributed by atoms with E-state index in [2.05, 4.69) is 52.5 Å². The standard InChI is InChI=1S/C33H36BrN5O4S/c1-6-41-26-15-10-9-14-25(26)36-31(40)28-21(5)35-32-37-33(44-8-3)38-39(32)29(28)23-17-24(34)30(27(18-23)42-7-2)43-19-22-13-11-12-20(4)16-22/h9-18,29H,6-8,19H2,1-5H3,(H,36,40)(H,35,37,38). The van der Waals surface area contributed by atoms with Crippen molar-refractivity contribution in [3.8, 4) is 17.2 Å². The van der Waals surface area contributed by atoms with Crippen LogP contribution in [0.25, 0.3) is 0 Å². The average Bonchev–Trinajstić information content (AvgIpc) is 3.39. The number of carbonyl (C=O) groups is 1. The Labute approximate surface area is 270 Å². The summed E-state index contributed by atoms with van der Waals surface area (Å²) >= 11 is 5.28. The Morgan fingerprint density at radius 2 is 1.77 bits per heavy atom. The molecule has 0 fully saturated rings. The topological polar surface area (TPSA) is 99.5 Å². The Kier molecular flexibility index (Phi) is 10.2. The van der Waals surface area contributed by atoms with E-state index in [0.717, 1.165) is 22.4 Å². The molecular weight excluding hydrogens is 642 g/mol. The Bertz CT molecular complexity index is 1690. The molecule has 3 aromatic carbocycles. The number of amides is 1. The third-order valence-corrected chi connectivity index (χ3v) is 8.21. The lowest BCUT2D eigenvalue weighted by Crippen LogP contribution is -2.31. The lowest BCUT2D eigenvalue weighted by atomic mass is 9.94. The second-order valence-electron chi connectivity index (χ2n) is 10.1. The molecule has 0 aliphatic carbocycles. The summed E-state index contributed by atoms with van der Waals surface area (Å²) in [7, 11) is 0. The lowest BCUT2D eigenvalue weighted by molar-refractivity contribution is -0.113. The van der Waals surface area contributed by atoms with Gasteiger partial charge in [-0.05, 0) is 84.8 Å². The van der Waals surface area contributed by atoms with Crippen LogP contribution in [0.2, 0.25) is 0 Å². The lowest BCUT2D eigenvalue weighted by Gasteiger charge is -2.29. The van der Waals surface area contributed by atoms with Gasteiger partial charge in [-0.1, -0.05) is 60.6 Å². The normalized spacial score (nSPS) is 14.1. The third-order valence-electron chi connectivity index (χ3n) is 6.90. The molecule has 1 unspecified atom stereocenters. The molecule has 1 atom stereocenters. The molecule has 0 bridgehead atoms. The highest BCUT2D eigenvalue weighted by atomic mass is 79.9. The highest BCUT2D eigenvalue weighted by Gasteiger charge is 2.35. The van der Waals surface area contributed by atoms with Gasteiger partial charge in [-0.3, -0.25) is 4.79 Å². The van der Waals surface area contributed by atoms with Gasteiger partial charge in [0, 0.05) is 5.70 Å². The van der Waals surface area contributed by atoms with Crippen LogP contribution in [0.1, 0.15) is 50.4 Å². The van der Waals surface area contributed by atoms with E-state index in [1.54, 1.807) is 4.68 Å². The molecule has 5 rings (SSSR count). The van der Waals surface area contributed by atoms with Gasteiger partial charge in [-0.25, -0.2) is 4.68 Å². The van der Waals surface area contributed by atoms with Crippen molar-refractivity contribution in [2.24, 2.45) is 0 Å². The quantitative estimate of drug-likeness (QED) is 0.147. The maximum absolute atomic E-state index is 14.1. The van der Waals surface area contributed by atoms with Gasteiger partial charge >= 0.3 is 0 Å². The number of thioether (sulfide) groups is 1. The molecule has 1 aliphatic heterocycles. The largest absolute Gasteiger partial charge is 0.492 e. The molecule has 0 spiro atoms. The summed E-state index contributed by atoms with van der Waals surface area (Å²) in [6, 6.07) is 18.9. The van der Waals surface area contributed by atoms with Gasteiger partial charge in [0.25, 0.3) is 5.91 Å². The van der Waals surface area contributed by atoms with E-state index in [0.29, 0.717) is 69.6 Å². The van der Waals surface area contributed by atoms with Gasteiger partial charge in [0.2, 0.25) is 11.1 Å². The fourth-order valence-corrected chi connectivity index (χ4v) is 6.20. The number of hydrogen-bond acceptors (Lipinski definition) is 8. The molecule has 1 amide bonds. The second kappa shape index (κ2) is 14.2. The molecule has 2 N–H and O–H groups in total. The Hall–Kier alpha value is -3.96. The summed E-state index contributed by atoms with van der Waals surface area (Å²) in [4.78, 5) is 18.8. The van der Waals surface area contributed by atoms with Gasteiger partial charge in [0.05, 0.1) is 28.9 Å². The van der Waals surface area contributed by atoms with Crippen molar-refractivity contribution in [1.82, 2.24) is 14.8 Å². The van der Waals surface area contributed by atoms with Crippen LogP contribution in [0, 0.1) is 6.92 Å². The molecular formula is C33H36BrN5O4S. The van der Waals surface area contributed by atoms with Crippen LogP contribution >= 0.6 is 27.7 Å². The van der Waals surface area contributed by atoms with Crippen LogP contribution in [-0.2, 0) is 11.4 Å². The number of rotatable bonds is 12. The number of ether oxygens (including phenoxy) is 3. The first kappa shape index (κ1) is 31.5. The number of para-hydroxylation sites is 2. The maximum atomic E-state index is 14.1.